The number of ether oxygens (including phenoxy) is 1. The smallest absolute Gasteiger partial charge is 0.295 e. The molecule has 0 aromatic carbocycles. The number of aryl methyl sites for hydroxylation is 2. The van der Waals surface area contributed by atoms with Crippen LogP contribution in [-0.2, 0) is 21.4 Å². The normalized spacial score (nSPS) is 21.5. The molecule has 0 spiro atoms. The van der Waals surface area contributed by atoms with Crippen molar-refractivity contribution in [2.45, 2.75) is 26.3 Å². The molecule has 0 saturated carbocycles. The van der Waals surface area contributed by atoms with Crippen LogP contribution in [0.25, 0.3) is 5.76 Å². The number of aliphatic hydroxyl groups excluding tert-OH is 1. The third-order valence-electron chi connectivity index (χ3n) is 6.28. The molecule has 9 heteroatoms. The number of carbonyl (C=O) groups is 2. The molecule has 0 aliphatic carbocycles. The number of Topliss-reactive ketones (excluding diaryl/α,β-unsaturated/α-hetero) is 1. The molecule has 0 bridgehead atoms. The van der Waals surface area contributed by atoms with Crippen LogP contribution in [0.3, 0.4) is 0 Å². The Kier molecular flexibility index (Phi) is 6.38. The van der Waals surface area contributed by atoms with Gasteiger partial charge in [-0.15, -0.1) is 0 Å². The molecular weight excluding hydrogens is 410 g/mol. The van der Waals surface area contributed by atoms with E-state index in [2.05, 4.69) is 15.0 Å². The van der Waals surface area contributed by atoms with E-state index >= 15 is 0 Å². The van der Waals surface area contributed by atoms with Crippen LogP contribution in [0, 0.1) is 13.8 Å². The highest BCUT2D eigenvalue weighted by Crippen LogP contribution is 2.40. The molecule has 2 saturated heterocycles. The Morgan fingerprint density at radius 2 is 1.84 bits per heavy atom. The molecule has 170 valence electrons. The van der Waals surface area contributed by atoms with E-state index in [4.69, 9.17) is 4.74 Å². The van der Waals surface area contributed by atoms with Crippen LogP contribution < -0.4 is 0 Å². The Morgan fingerprint density at radius 1 is 1.16 bits per heavy atom. The molecule has 2 aliphatic heterocycles. The predicted octanol–water partition coefficient (Wildman–Crippen LogP) is 1.58. The quantitative estimate of drug-likeness (QED) is 0.414. The van der Waals surface area contributed by atoms with Crippen molar-refractivity contribution in [2.75, 3.05) is 39.4 Å². The Labute approximate surface area is 187 Å². The molecule has 4 rings (SSSR count). The SMILES string of the molecule is Cc1nn(C)c(C)c1C(O)=C1C(=O)C(=O)N(CCCN2CCOCC2)[C@@H]1c1ccncc1. The van der Waals surface area contributed by atoms with Crippen LogP contribution in [0.15, 0.2) is 30.1 Å². The van der Waals surface area contributed by atoms with Crippen molar-refractivity contribution < 1.29 is 19.4 Å². The molecule has 0 unspecified atom stereocenters. The van der Waals surface area contributed by atoms with E-state index in [1.807, 2.05) is 6.92 Å². The van der Waals surface area contributed by atoms with Crippen molar-refractivity contribution in [1.29, 1.82) is 0 Å². The van der Waals surface area contributed by atoms with Crippen molar-refractivity contribution in [3.8, 4) is 0 Å². The highest BCUT2D eigenvalue weighted by atomic mass is 16.5. The zero-order chi connectivity index (χ0) is 22.8. The summed E-state index contributed by atoms with van der Waals surface area (Å²) in [5.74, 6) is -1.43. The Balaban J connectivity index is 1.69. The van der Waals surface area contributed by atoms with Gasteiger partial charge in [-0.3, -0.25) is 24.2 Å². The fourth-order valence-corrected chi connectivity index (χ4v) is 4.54. The summed E-state index contributed by atoms with van der Waals surface area (Å²) in [6.07, 6.45) is 3.98. The van der Waals surface area contributed by atoms with Crippen LogP contribution in [0.1, 0.15) is 35.0 Å². The molecule has 2 fully saturated rings. The zero-order valence-electron chi connectivity index (χ0n) is 18.7. The number of hydrogen-bond acceptors (Lipinski definition) is 7. The number of morpholine rings is 1. The minimum Gasteiger partial charge on any atom is -0.507 e. The summed E-state index contributed by atoms with van der Waals surface area (Å²) in [4.78, 5) is 34.1. The van der Waals surface area contributed by atoms with Crippen LogP contribution in [0.4, 0.5) is 0 Å². The minimum atomic E-state index is -0.668. The van der Waals surface area contributed by atoms with Crippen LogP contribution in [-0.4, -0.2) is 80.8 Å². The molecule has 9 nitrogen and oxygen atoms in total. The molecule has 2 aliphatic rings. The molecule has 1 amide bonds. The lowest BCUT2D eigenvalue weighted by atomic mass is 9.95. The molecule has 2 aromatic heterocycles. The second kappa shape index (κ2) is 9.22. The van der Waals surface area contributed by atoms with Gasteiger partial charge in [-0.05, 0) is 38.0 Å². The van der Waals surface area contributed by atoms with Crippen LogP contribution >= 0.6 is 0 Å². The van der Waals surface area contributed by atoms with Gasteiger partial charge in [0.15, 0.2) is 0 Å². The first-order valence-corrected chi connectivity index (χ1v) is 10.9. The van der Waals surface area contributed by atoms with Crippen LogP contribution in [0.5, 0.6) is 0 Å². The lowest BCUT2D eigenvalue weighted by Gasteiger charge is -2.29. The average molecular weight is 440 g/mol. The standard InChI is InChI=1S/C23H29N5O4/c1-15-18(16(2)26(3)25-15)21(29)19-20(17-5-7-24-8-6-17)28(23(31)22(19)30)10-4-9-27-11-13-32-14-12-27/h5-8,20,29H,4,9-14H2,1-3H3/t20-/m1/s1. The van der Waals surface area contributed by atoms with Gasteiger partial charge < -0.3 is 14.7 Å². The highest BCUT2D eigenvalue weighted by Gasteiger charge is 2.46. The summed E-state index contributed by atoms with van der Waals surface area (Å²) in [6, 6.07) is 2.89. The van der Waals surface area contributed by atoms with Gasteiger partial charge in [0.05, 0.1) is 36.1 Å². The van der Waals surface area contributed by atoms with Gasteiger partial charge in [0.25, 0.3) is 11.7 Å². The number of carbonyl (C=O) groups excluding carboxylic acids is 2. The average Bonchev–Trinajstić information content (AvgIpc) is 3.20. The van der Waals surface area contributed by atoms with E-state index in [0.717, 1.165) is 37.3 Å². The molecule has 1 N–H and O–H groups in total. The number of aliphatic hydroxyl groups is 1. The fraction of sp³-hybridized carbons (Fsp3) is 0.478. The largest absolute Gasteiger partial charge is 0.507 e. The van der Waals surface area contributed by atoms with Crippen molar-refractivity contribution in [2.24, 2.45) is 7.05 Å². The predicted molar refractivity (Wildman–Crippen MR) is 118 cm³/mol. The van der Waals surface area contributed by atoms with Crippen molar-refractivity contribution >= 4 is 17.4 Å². The molecule has 4 heterocycles. The number of amides is 1. The third-order valence-corrected chi connectivity index (χ3v) is 6.28. The first-order chi connectivity index (χ1) is 15.4. The van der Waals surface area contributed by atoms with Crippen molar-refractivity contribution in [3.63, 3.8) is 0 Å². The van der Waals surface area contributed by atoms with E-state index in [1.165, 1.54) is 0 Å². The lowest BCUT2D eigenvalue weighted by molar-refractivity contribution is -0.140. The topological polar surface area (TPSA) is 101 Å². The van der Waals surface area contributed by atoms with Gasteiger partial charge >= 0.3 is 0 Å². The summed E-state index contributed by atoms with van der Waals surface area (Å²) in [5.41, 5.74) is 2.68. The number of ketones is 1. The summed E-state index contributed by atoms with van der Waals surface area (Å²) in [7, 11) is 1.78. The van der Waals surface area contributed by atoms with Gasteiger partial charge in [0.1, 0.15) is 5.76 Å². The fourth-order valence-electron chi connectivity index (χ4n) is 4.54. The number of pyridine rings is 1. The van der Waals surface area contributed by atoms with Crippen LogP contribution in [0.2, 0.25) is 0 Å². The van der Waals surface area contributed by atoms with E-state index in [0.29, 0.717) is 31.0 Å². The molecular formula is C23H29N5O4. The summed E-state index contributed by atoms with van der Waals surface area (Å²) in [5, 5.41) is 15.6. The number of aromatic nitrogens is 3. The number of hydrogen-bond donors (Lipinski definition) is 1. The second-order valence-electron chi connectivity index (χ2n) is 8.25. The maximum atomic E-state index is 13.1. The number of likely N-dealkylation sites (tertiary alicyclic amines) is 1. The second-order valence-corrected chi connectivity index (χ2v) is 8.25. The maximum absolute atomic E-state index is 13.1. The Hall–Kier alpha value is -3.04. The summed E-state index contributed by atoms with van der Waals surface area (Å²) >= 11 is 0. The van der Waals surface area contributed by atoms with Crippen molar-refractivity contribution in [3.05, 3.63) is 52.6 Å². The van der Waals surface area contributed by atoms with Gasteiger partial charge in [-0.1, -0.05) is 0 Å². The molecule has 1 atom stereocenters. The maximum Gasteiger partial charge on any atom is 0.295 e. The first kappa shape index (κ1) is 22.2. The molecule has 0 radical (unpaired) electrons. The van der Waals surface area contributed by atoms with Gasteiger partial charge in [0.2, 0.25) is 0 Å². The first-order valence-electron chi connectivity index (χ1n) is 10.9. The summed E-state index contributed by atoms with van der Waals surface area (Å²) in [6.45, 7) is 8.00. The van der Waals surface area contributed by atoms with Crippen molar-refractivity contribution in [1.82, 2.24) is 24.6 Å². The van der Waals surface area contributed by atoms with Gasteiger partial charge in [-0.2, -0.15) is 5.10 Å². The lowest BCUT2D eigenvalue weighted by Crippen LogP contribution is -2.38. The number of rotatable bonds is 6. The third kappa shape index (κ3) is 4.05. The number of nitrogens with zero attached hydrogens (tertiary/aromatic N) is 5. The van der Waals surface area contributed by atoms with Gasteiger partial charge in [0, 0.05) is 51.3 Å². The van der Waals surface area contributed by atoms with E-state index in [-0.39, 0.29) is 11.3 Å². The van der Waals surface area contributed by atoms with E-state index in [9.17, 15) is 14.7 Å². The summed E-state index contributed by atoms with van der Waals surface area (Å²) < 4.78 is 7.05. The monoisotopic (exact) mass is 439 g/mol. The zero-order valence-corrected chi connectivity index (χ0v) is 18.7. The highest BCUT2D eigenvalue weighted by molar-refractivity contribution is 6.46. The minimum absolute atomic E-state index is 0.103. The molecule has 32 heavy (non-hydrogen) atoms. The molecule has 2 aromatic rings. The van der Waals surface area contributed by atoms with E-state index in [1.54, 1.807) is 48.1 Å². The van der Waals surface area contributed by atoms with Gasteiger partial charge in [-0.25, -0.2) is 0 Å². The Bertz CT molecular complexity index is 1040. The van der Waals surface area contributed by atoms with E-state index < -0.39 is 17.7 Å². The Morgan fingerprint density at radius 3 is 2.47 bits per heavy atom.